The van der Waals surface area contributed by atoms with E-state index in [0.29, 0.717) is 37.9 Å². The molecule has 2 N–H and O–H groups in total. The van der Waals surface area contributed by atoms with Crippen LogP contribution in [0.5, 0.6) is 5.75 Å². The SMILES string of the molecule is CCOC(=O)c1sc(N)c(C#N)c1CSc1nnc(-c2cccs2)n1-c1ccccc1OC. The Morgan fingerprint density at radius 1 is 1.27 bits per heavy atom. The molecule has 168 valence electrons. The van der Waals surface area contributed by atoms with Gasteiger partial charge in [0, 0.05) is 11.3 Å². The van der Waals surface area contributed by atoms with Crippen LogP contribution < -0.4 is 10.5 Å². The minimum atomic E-state index is -0.489. The minimum absolute atomic E-state index is 0.234. The third-order valence-corrected chi connectivity index (χ3v) is 7.52. The second-order valence-electron chi connectivity index (χ2n) is 6.56. The Bertz CT molecular complexity index is 1320. The van der Waals surface area contributed by atoms with E-state index in [1.54, 1.807) is 25.4 Å². The molecule has 0 radical (unpaired) electrons. The maximum absolute atomic E-state index is 12.5. The fraction of sp³-hybridized carbons (Fsp3) is 0.182. The first kappa shape index (κ1) is 22.8. The maximum Gasteiger partial charge on any atom is 0.348 e. The summed E-state index contributed by atoms with van der Waals surface area (Å²) >= 11 is 3.98. The van der Waals surface area contributed by atoms with E-state index >= 15 is 0 Å². The number of nitrogens with two attached hydrogens (primary N) is 1. The number of hydrogen-bond acceptors (Lipinski definition) is 10. The number of esters is 1. The van der Waals surface area contributed by atoms with Crippen molar-refractivity contribution in [1.82, 2.24) is 14.8 Å². The van der Waals surface area contributed by atoms with Crippen molar-refractivity contribution in [3.8, 4) is 28.2 Å². The van der Waals surface area contributed by atoms with E-state index in [1.807, 2.05) is 46.3 Å². The van der Waals surface area contributed by atoms with Gasteiger partial charge < -0.3 is 15.2 Å². The van der Waals surface area contributed by atoms with Gasteiger partial charge in [0.15, 0.2) is 11.0 Å². The largest absolute Gasteiger partial charge is 0.495 e. The number of anilines is 1. The Balaban J connectivity index is 1.77. The highest BCUT2D eigenvalue weighted by Crippen LogP contribution is 2.38. The van der Waals surface area contributed by atoms with Crippen LogP contribution in [0.1, 0.15) is 27.7 Å². The number of nitrogens with zero attached hydrogens (tertiary/aromatic N) is 4. The molecule has 0 saturated heterocycles. The molecule has 4 rings (SSSR count). The van der Waals surface area contributed by atoms with E-state index in [4.69, 9.17) is 15.2 Å². The molecule has 4 aromatic rings. The Kier molecular flexibility index (Phi) is 6.98. The maximum atomic E-state index is 12.5. The fourth-order valence-corrected chi connectivity index (χ4v) is 5.90. The fourth-order valence-electron chi connectivity index (χ4n) is 3.20. The van der Waals surface area contributed by atoms with Crippen LogP contribution in [0.25, 0.3) is 16.4 Å². The lowest BCUT2D eigenvalue weighted by molar-refractivity contribution is 0.0531. The van der Waals surface area contributed by atoms with Gasteiger partial charge in [-0.3, -0.25) is 4.57 Å². The van der Waals surface area contributed by atoms with Crippen molar-refractivity contribution in [3.63, 3.8) is 0 Å². The zero-order chi connectivity index (χ0) is 23.4. The number of nitriles is 1. The number of carbonyl (C=O) groups is 1. The predicted molar refractivity (Wildman–Crippen MR) is 130 cm³/mol. The number of nitrogen functional groups attached to an aromatic ring is 1. The standard InChI is InChI=1S/C22H19N5O3S3/c1-3-30-21(28)18-14(13(11-23)19(24)33-18)12-32-22-26-25-20(17-9-6-10-31-17)27(22)15-7-4-5-8-16(15)29-2/h4-10H,3,12,24H2,1-2H3. The molecule has 0 unspecified atom stereocenters. The summed E-state index contributed by atoms with van der Waals surface area (Å²) in [6.45, 7) is 1.97. The molecule has 0 atom stereocenters. The molecular weight excluding hydrogens is 478 g/mol. The molecule has 0 bridgehead atoms. The zero-order valence-corrected chi connectivity index (χ0v) is 20.2. The molecule has 0 saturated carbocycles. The number of para-hydroxylation sites is 2. The van der Waals surface area contributed by atoms with Crippen molar-refractivity contribution in [2.75, 3.05) is 19.5 Å². The van der Waals surface area contributed by atoms with Crippen molar-refractivity contribution in [3.05, 3.63) is 57.8 Å². The Morgan fingerprint density at radius 2 is 2.09 bits per heavy atom. The number of benzene rings is 1. The Morgan fingerprint density at radius 3 is 2.79 bits per heavy atom. The molecule has 8 nitrogen and oxygen atoms in total. The van der Waals surface area contributed by atoms with Crippen LogP contribution in [0.4, 0.5) is 5.00 Å². The summed E-state index contributed by atoms with van der Waals surface area (Å²) < 4.78 is 12.7. The minimum Gasteiger partial charge on any atom is -0.495 e. The highest BCUT2D eigenvalue weighted by Gasteiger charge is 2.25. The molecule has 0 amide bonds. The van der Waals surface area contributed by atoms with E-state index in [9.17, 15) is 10.1 Å². The van der Waals surface area contributed by atoms with Crippen molar-refractivity contribution >= 4 is 45.4 Å². The molecule has 0 aliphatic carbocycles. The highest BCUT2D eigenvalue weighted by atomic mass is 32.2. The van der Waals surface area contributed by atoms with Gasteiger partial charge in [0.2, 0.25) is 0 Å². The summed E-state index contributed by atoms with van der Waals surface area (Å²) in [5.74, 6) is 1.15. The number of rotatable bonds is 8. The van der Waals surface area contributed by atoms with E-state index in [1.165, 1.54) is 11.8 Å². The number of hydrogen-bond donors (Lipinski definition) is 1. The van der Waals surface area contributed by atoms with Crippen LogP contribution in [-0.2, 0) is 10.5 Å². The molecule has 0 fully saturated rings. The van der Waals surface area contributed by atoms with Crippen molar-refractivity contribution in [2.24, 2.45) is 0 Å². The van der Waals surface area contributed by atoms with Gasteiger partial charge in [-0.1, -0.05) is 30.0 Å². The second kappa shape index (κ2) is 10.1. The first-order chi connectivity index (χ1) is 16.1. The van der Waals surface area contributed by atoms with Gasteiger partial charge in [-0.25, -0.2) is 4.79 Å². The van der Waals surface area contributed by atoms with Gasteiger partial charge >= 0.3 is 5.97 Å². The zero-order valence-electron chi connectivity index (χ0n) is 17.8. The summed E-state index contributed by atoms with van der Waals surface area (Å²) in [5.41, 5.74) is 7.62. The van der Waals surface area contributed by atoms with Crippen LogP contribution in [0.3, 0.4) is 0 Å². The van der Waals surface area contributed by atoms with Gasteiger partial charge in [-0.05, 0) is 30.5 Å². The summed E-state index contributed by atoms with van der Waals surface area (Å²) in [7, 11) is 1.61. The summed E-state index contributed by atoms with van der Waals surface area (Å²) in [6.07, 6.45) is 0. The molecule has 0 aliphatic heterocycles. The Labute approximate surface area is 202 Å². The molecule has 0 spiro atoms. The van der Waals surface area contributed by atoms with E-state index in [-0.39, 0.29) is 12.2 Å². The van der Waals surface area contributed by atoms with E-state index in [0.717, 1.165) is 21.9 Å². The number of carbonyl (C=O) groups excluding carboxylic acids is 1. The lowest BCUT2D eigenvalue weighted by Gasteiger charge is -2.13. The molecule has 11 heteroatoms. The average Bonchev–Trinajstić information content (AvgIpc) is 3.56. The van der Waals surface area contributed by atoms with Gasteiger partial charge in [0.25, 0.3) is 0 Å². The summed E-state index contributed by atoms with van der Waals surface area (Å²) in [6, 6.07) is 13.6. The molecule has 1 aromatic carbocycles. The van der Waals surface area contributed by atoms with Gasteiger partial charge in [-0.2, -0.15) is 5.26 Å². The lowest BCUT2D eigenvalue weighted by atomic mass is 10.2. The van der Waals surface area contributed by atoms with Crippen molar-refractivity contribution in [2.45, 2.75) is 17.8 Å². The third-order valence-electron chi connectivity index (χ3n) is 4.65. The van der Waals surface area contributed by atoms with Crippen LogP contribution >= 0.6 is 34.4 Å². The van der Waals surface area contributed by atoms with Crippen LogP contribution in [0.15, 0.2) is 46.9 Å². The third kappa shape index (κ3) is 4.45. The molecule has 3 aromatic heterocycles. The topological polar surface area (TPSA) is 116 Å². The number of thioether (sulfide) groups is 1. The number of ether oxygens (including phenoxy) is 2. The van der Waals surface area contributed by atoms with Crippen molar-refractivity contribution in [1.29, 1.82) is 5.26 Å². The van der Waals surface area contributed by atoms with E-state index in [2.05, 4.69) is 16.3 Å². The van der Waals surface area contributed by atoms with E-state index < -0.39 is 5.97 Å². The molecule has 33 heavy (non-hydrogen) atoms. The molecule has 0 aliphatic rings. The number of aromatic nitrogens is 3. The van der Waals surface area contributed by atoms with Gasteiger partial charge in [-0.15, -0.1) is 32.9 Å². The Hall–Kier alpha value is -3.33. The van der Waals surface area contributed by atoms with Crippen LogP contribution in [0.2, 0.25) is 0 Å². The van der Waals surface area contributed by atoms with Crippen LogP contribution in [-0.4, -0.2) is 34.5 Å². The first-order valence-electron chi connectivity index (χ1n) is 9.82. The summed E-state index contributed by atoms with van der Waals surface area (Å²) in [4.78, 5) is 13.7. The number of thiophene rings is 2. The summed E-state index contributed by atoms with van der Waals surface area (Å²) in [5, 5.41) is 21.3. The van der Waals surface area contributed by atoms with Gasteiger partial charge in [0.1, 0.15) is 21.7 Å². The van der Waals surface area contributed by atoms with Crippen molar-refractivity contribution < 1.29 is 14.3 Å². The quantitative estimate of drug-likeness (QED) is 0.267. The van der Waals surface area contributed by atoms with Gasteiger partial charge in [0.05, 0.1) is 29.8 Å². The normalized spacial score (nSPS) is 10.7. The highest BCUT2D eigenvalue weighted by molar-refractivity contribution is 7.98. The molecular formula is C22H19N5O3S3. The first-order valence-corrected chi connectivity index (χ1v) is 12.5. The lowest BCUT2D eigenvalue weighted by Crippen LogP contribution is -2.06. The smallest absolute Gasteiger partial charge is 0.348 e. The molecule has 3 heterocycles. The monoisotopic (exact) mass is 497 g/mol. The predicted octanol–water partition coefficient (Wildman–Crippen LogP) is 4.99. The van der Waals surface area contributed by atoms with Crippen LogP contribution in [0, 0.1) is 11.3 Å². The number of methoxy groups -OCH3 is 1. The second-order valence-corrected chi connectivity index (χ2v) is 9.50. The average molecular weight is 498 g/mol.